The first-order valence-electron chi connectivity index (χ1n) is 8.56. The second-order valence-corrected chi connectivity index (χ2v) is 6.65. The van der Waals surface area contributed by atoms with Crippen molar-refractivity contribution in [2.45, 2.75) is 33.2 Å². The highest BCUT2D eigenvalue weighted by molar-refractivity contribution is 5.95. The van der Waals surface area contributed by atoms with Crippen molar-refractivity contribution in [3.8, 4) is 0 Å². The third-order valence-electron chi connectivity index (χ3n) is 3.96. The highest BCUT2D eigenvalue weighted by Crippen LogP contribution is 2.17. The van der Waals surface area contributed by atoms with Gasteiger partial charge in [-0.1, -0.05) is 13.8 Å². The topological polar surface area (TPSA) is 112 Å². The van der Waals surface area contributed by atoms with E-state index < -0.39 is 30.5 Å². The predicted octanol–water partition coefficient (Wildman–Crippen LogP) is 1.14. The van der Waals surface area contributed by atoms with E-state index in [2.05, 4.69) is 20.1 Å². The highest BCUT2D eigenvalue weighted by Gasteiger charge is 2.23. The second-order valence-electron chi connectivity index (χ2n) is 6.65. The highest BCUT2D eigenvalue weighted by atomic mass is 16.5. The molecule has 0 aliphatic rings. The van der Waals surface area contributed by atoms with Gasteiger partial charge in [-0.2, -0.15) is 5.10 Å². The van der Waals surface area contributed by atoms with Crippen LogP contribution in [0.25, 0.3) is 11.0 Å². The third-order valence-corrected chi connectivity index (χ3v) is 3.96. The Balaban J connectivity index is 1.98. The number of ether oxygens (including phenoxy) is 2. The Morgan fingerprint density at radius 1 is 1.30 bits per heavy atom. The molecule has 0 aliphatic heterocycles. The molecule has 2 heterocycles. The van der Waals surface area contributed by atoms with E-state index in [0.29, 0.717) is 12.1 Å². The van der Waals surface area contributed by atoms with Crippen LogP contribution in [0.2, 0.25) is 0 Å². The number of esters is 2. The number of nitrogens with one attached hydrogen (secondary N) is 1. The Morgan fingerprint density at radius 2 is 2.00 bits per heavy atom. The molecule has 1 unspecified atom stereocenters. The molecule has 1 N–H and O–H groups in total. The van der Waals surface area contributed by atoms with Gasteiger partial charge in [0.2, 0.25) is 0 Å². The van der Waals surface area contributed by atoms with Crippen molar-refractivity contribution in [3.05, 3.63) is 23.5 Å². The number of hydrogen-bond acceptors (Lipinski definition) is 7. The van der Waals surface area contributed by atoms with Crippen LogP contribution in [0.3, 0.4) is 0 Å². The number of carbonyl (C=O) groups is 3. The molecule has 2 aromatic heterocycles. The SMILES string of the molecule is COC(=O)C(CC(C)C)NC(=O)COC(=O)c1cnc2c(c1)c(C)nn2C. The lowest BCUT2D eigenvalue weighted by molar-refractivity contribution is -0.145. The molecule has 0 bridgehead atoms. The molecule has 0 spiro atoms. The molecule has 9 heteroatoms. The van der Waals surface area contributed by atoms with E-state index >= 15 is 0 Å². The number of rotatable bonds is 7. The summed E-state index contributed by atoms with van der Waals surface area (Å²) in [7, 11) is 3.02. The fourth-order valence-corrected chi connectivity index (χ4v) is 2.70. The van der Waals surface area contributed by atoms with E-state index in [0.717, 1.165) is 11.1 Å². The number of carbonyl (C=O) groups excluding carboxylic acids is 3. The van der Waals surface area contributed by atoms with Gasteiger partial charge < -0.3 is 14.8 Å². The molecule has 1 atom stereocenters. The predicted molar refractivity (Wildman–Crippen MR) is 96.9 cm³/mol. The van der Waals surface area contributed by atoms with Crippen molar-refractivity contribution >= 4 is 28.9 Å². The van der Waals surface area contributed by atoms with Crippen molar-refractivity contribution < 1.29 is 23.9 Å². The molecule has 0 aliphatic carbocycles. The summed E-state index contributed by atoms with van der Waals surface area (Å²) >= 11 is 0. The summed E-state index contributed by atoms with van der Waals surface area (Å²) in [6, 6.07) is 0.846. The van der Waals surface area contributed by atoms with E-state index in [1.807, 2.05) is 20.8 Å². The average molecular weight is 376 g/mol. The van der Waals surface area contributed by atoms with E-state index in [1.54, 1.807) is 17.8 Å². The first-order chi connectivity index (χ1) is 12.7. The lowest BCUT2D eigenvalue weighted by Crippen LogP contribution is -2.44. The molecule has 1 amide bonds. The van der Waals surface area contributed by atoms with Crippen LogP contribution < -0.4 is 5.32 Å². The third kappa shape index (κ3) is 5.02. The molecular formula is C18H24N4O5. The number of aryl methyl sites for hydroxylation is 2. The van der Waals surface area contributed by atoms with Gasteiger partial charge in [-0.15, -0.1) is 0 Å². The molecule has 0 radical (unpaired) electrons. The summed E-state index contributed by atoms with van der Waals surface area (Å²) < 4.78 is 11.3. The van der Waals surface area contributed by atoms with Crippen LogP contribution in [0.5, 0.6) is 0 Å². The van der Waals surface area contributed by atoms with Crippen LogP contribution in [0.4, 0.5) is 0 Å². The Hall–Kier alpha value is -2.97. The molecule has 2 rings (SSSR count). The Labute approximate surface area is 157 Å². The minimum absolute atomic E-state index is 0.178. The first kappa shape index (κ1) is 20.3. The van der Waals surface area contributed by atoms with Gasteiger partial charge in [0, 0.05) is 18.6 Å². The molecule has 0 saturated carbocycles. The number of nitrogens with zero attached hydrogens (tertiary/aromatic N) is 3. The zero-order valence-corrected chi connectivity index (χ0v) is 16.1. The van der Waals surface area contributed by atoms with Gasteiger partial charge in [-0.05, 0) is 25.3 Å². The summed E-state index contributed by atoms with van der Waals surface area (Å²) in [4.78, 5) is 40.2. The maximum atomic E-state index is 12.2. The van der Waals surface area contributed by atoms with Gasteiger partial charge in [0.25, 0.3) is 5.91 Å². The number of aromatic nitrogens is 3. The van der Waals surface area contributed by atoms with Crippen LogP contribution in [-0.4, -0.2) is 52.4 Å². The average Bonchev–Trinajstić information content (AvgIpc) is 2.91. The van der Waals surface area contributed by atoms with Gasteiger partial charge >= 0.3 is 11.9 Å². The van der Waals surface area contributed by atoms with Gasteiger partial charge in [0.1, 0.15) is 6.04 Å². The molecule has 0 fully saturated rings. The second kappa shape index (κ2) is 8.61. The van der Waals surface area contributed by atoms with Crippen molar-refractivity contribution in [1.29, 1.82) is 0 Å². The summed E-state index contributed by atoms with van der Waals surface area (Å²) in [5.41, 5.74) is 1.61. The largest absolute Gasteiger partial charge is 0.467 e. The van der Waals surface area contributed by atoms with Crippen LogP contribution >= 0.6 is 0 Å². The van der Waals surface area contributed by atoms with Gasteiger partial charge in [0.05, 0.1) is 18.4 Å². The van der Waals surface area contributed by atoms with Crippen molar-refractivity contribution in [2.24, 2.45) is 13.0 Å². The summed E-state index contributed by atoms with van der Waals surface area (Å²) in [5.74, 6) is -1.62. The lowest BCUT2D eigenvalue weighted by Gasteiger charge is -2.18. The van der Waals surface area contributed by atoms with Crippen molar-refractivity contribution in [1.82, 2.24) is 20.1 Å². The number of fused-ring (bicyclic) bond motifs is 1. The summed E-state index contributed by atoms with van der Waals surface area (Å²) in [5, 5.41) is 7.50. The fourth-order valence-electron chi connectivity index (χ4n) is 2.70. The van der Waals surface area contributed by atoms with Crippen LogP contribution in [0, 0.1) is 12.8 Å². The van der Waals surface area contributed by atoms with Crippen LogP contribution in [0.15, 0.2) is 12.3 Å². The smallest absolute Gasteiger partial charge is 0.340 e. The minimum atomic E-state index is -0.780. The maximum absolute atomic E-state index is 12.2. The molecule has 0 saturated heterocycles. The van der Waals surface area contributed by atoms with E-state index in [9.17, 15) is 14.4 Å². The molecular weight excluding hydrogens is 352 g/mol. The number of methoxy groups -OCH3 is 1. The van der Waals surface area contributed by atoms with Gasteiger partial charge in [-0.25, -0.2) is 14.6 Å². The molecule has 2 aromatic rings. The van der Waals surface area contributed by atoms with Gasteiger partial charge in [0.15, 0.2) is 12.3 Å². The zero-order chi connectivity index (χ0) is 20.1. The fraction of sp³-hybridized carbons (Fsp3) is 0.500. The van der Waals surface area contributed by atoms with Crippen molar-refractivity contribution in [2.75, 3.05) is 13.7 Å². The monoisotopic (exact) mass is 376 g/mol. The maximum Gasteiger partial charge on any atom is 0.340 e. The Bertz CT molecular complexity index is 859. The van der Waals surface area contributed by atoms with E-state index in [-0.39, 0.29) is 11.5 Å². The van der Waals surface area contributed by atoms with E-state index in [4.69, 9.17) is 4.74 Å². The molecule has 0 aromatic carbocycles. The Morgan fingerprint density at radius 3 is 2.63 bits per heavy atom. The quantitative estimate of drug-likeness (QED) is 0.721. The van der Waals surface area contributed by atoms with E-state index in [1.165, 1.54) is 13.3 Å². The van der Waals surface area contributed by atoms with Crippen molar-refractivity contribution in [3.63, 3.8) is 0 Å². The Kier molecular flexibility index (Phi) is 6.49. The van der Waals surface area contributed by atoms with Crippen LogP contribution in [0.1, 0.15) is 36.3 Å². The standard InChI is InChI=1S/C18H24N4O5/c1-10(2)6-14(18(25)26-5)20-15(23)9-27-17(24)12-7-13-11(3)21-22(4)16(13)19-8-12/h7-8,10,14H,6,9H2,1-5H3,(H,20,23). The van der Waals surface area contributed by atoms with Gasteiger partial charge in [-0.3, -0.25) is 9.48 Å². The molecule has 146 valence electrons. The van der Waals surface area contributed by atoms with Crippen LogP contribution in [-0.2, 0) is 26.1 Å². The summed E-state index contributed by atoms with van der Waals surface area (Å²) in [6.45, 7) is 5.15. The number of hydrogen-bond donors (Lipinski definition) is 1. The number of amides is 1. The lowest BCUT2D eigenvalue weighted by atomic mass is 10.0. The molecule has 27 heavy (non-hydrogen) atoms. The number of pyridine rings is 1. The normalized spacial score (nSPS) is 12.1. The summed E-state index contributed by atoms with van der Waals surface area (Å²) in [6.07, 6.45) is 1.80. The minimum Gasteiger partial charge on any atom is -0.467 e. The first-order valence-corrected chi connectivity index (χ1v) is 8.56. The molecule has 9 nitrogen and oxygen atoms in total. The zero-order valence-electron chi connectivity index (χ0n) is 16.1.